The second-order valence-electron chi connectivity index (χ2n) is 11.7. The summed E-state index contributed by atoms with van der Waals surface area (Å²) < 4.78 is 115. The first-order valence-corrected chi connectivity index (χ1v) is 16.9. The maximum atomic E-state index is 14.4. The Bertz CT molecular complexity index is 1440. The van der Waals surface area contributed by atoms with E-state index in [0.29, 0.717) is 43.5 Å². The number of nitrogens with zero attached hydrogens (tertiary/aromatic N) is 1. The number of phenols is 2. The molecular formula is C32H40F7NO4S. The average Bonchev–Trinajstić information content (AvgIpc) is 3.10. The van der Waals surface area contributed by atoms with Crippen molar-refractivity contribution in [3.05, 3.63) is 58.7 Å². The number of unbranched alkanes of at least 4 members (excludes halogenated alkanes) is 3. The molecule has 1 aliphatic carbocycles. The summed E-state index contributed by atoms with van der Waals surface area (Å²) in [4.78, 5) is 1.94. The van der Waals surface area contributed by atoms with Crippen LogP contribution in [0.1, 0.15) is 80.9 Å². The minimum Gasteiger partial charge on any atom is -0.505 e. The molecule has 0 amide bonds. The van der Waals surface area contributed by atoms with E-state index in [1.807, 2.05) is 11.9 Å². The molecule has 45 heavy (non-hydrogen) atoms. The summed E-state index contributed by atoms with van der Waals surface area (Å²) in [6.07, 6.45) is -1.91. The van der Waals surface area contributed by atoms with Crippen molar-refractivity contribution in [2.45, 2.75) is 82.7 Å². The van der Waals surface area contributed by atoms with Gasteiger partial charge in [-0.05, 0) is 124 Å². The molecule has 13 heteroatoms. The van der Waals surface area contributed by atoms with E-state index >= 15 is 0 Å². The van der Waals surface area contributed by atoms with Crippen LogP contribution in [0.3, 0.4) is 0 Å². The van der Waals surface area contributed by atoms with E-state index in [4.69, 9.17) is 0 Å². The fourth-order valence-electron chi connectivity index (χ4n) is 5.63. The number of fused-ring (bicyclic) bond motifs is 1. The maximum Gasteiger partial charge on any atom is 0.453 e. The molecule has 0 aromatic heterocycles. The van der Waals surface area contributed by atoms with E-state index < -0.39 is 63.7 Å². The fraction of sp³-hybridized carbons (Fsp3) is 0.562. The number of allylic oxidation sites excluding steroid dienone is 2. The second kappa shape index (κ2) is 15.7. The number of aryl methyl sites for hydroxylation is 1. The minimum atomic E-state index is -5.69. The van der Waals surface area contributed by atoms with Crippen molar-refractivity contribution in [3.63, 3.8) is 0 Å². The summed E-state index contributed by atoms with van der Waals surface area (Å²) in [5, 5.41) is 19.9. The van der Waals surface area contributed by atoms with Crippen molar-refractivity contribution in [2.24, 2.45) is 0 Å². The average molecular weight is 668 g/mol. The minimum absolute atomic E-state index is 0.232. The van der Waals surface area contributed by atoms with Crippen molar-refractivity contribution in [1.82, 2.24) is 4.90 Å². The summed E-state index contributed by atoms with van der Waals surface area (Å²) in [5.74, 6) is -8.26. The van der Waals surface area contributed by atoms with Crippen molar-refractivity contribution in [3.8, 4) is 11.5 Å². The number of hydrogen-bond donors (Lipinski definition) is 2. The predicted octanol–water partition coefficient (Wildman–Crippen LogP) is 8.29. The molecule has 3 rings (SSSR count). The Kier molecular flexibility index (Phi) is 12.8. The van der Waals surface area contributed by atoms with Gasteiger partial charge in [-0.15, -0.1) is 0 Å². The van der Waals surface area contributed by atoms with E-state index in [2.05, 4.69) is 0 Å². The van der Waals surface area contributed by atoms with Gasteiger partial charge in [-0.3, -0.25) is 0 Å². The lowest BCUT2D eigenvalue weighted by molar-refractivity contribution is -0.284. The third-order valence-corrected chi connectivity index (χ3v) is 9.92. The summed E-state index contributed by atoms with van der Waals surface area (Å²) >= 11 is 0. The molecule has 0 saturated heterocycles. The zero-order valence-electron chi connectivity index (χ0n) is 25.2. The first-order valence-electron chi connectivity index (χ1n) is 15.1. The van der Waals surface area contributed by atoms with Gasteiger partial charge in [-0.25, -0.2) is 17.2 Å². The Morgan fingerprint density at radius 3 is 2.13 bits per heavy atom. The van der Waals surface area contributed by atoms with Crippen LogP contribution in [0.15, 0.2) is 30.3 Å². The van der Waals surface area contributed by atoms with Crippen molar-refractivity contribution >= 4 is 21.0 Å². The van der Waals surface area contributed by atoms with Crippen molar-refractivity contribution in [2.75, 3.05) is 31.6 Å². The highest BCUT2D eigenvalue weighted by molar-refractivity contribution is 7.91. The van der Waals surface area contributed by atoms with Crippen LogP contribution in [0, 0.1) is 11.6 Å². The molecule has 0 unspecified atom stereocenters. The first kappa shape index (κ1) is 36.7. The van der Waals surface area contributed by atoms with Gasteiger partial charge in [0.05, 0.1) is 11.5 Å². The molecule has 1 aliphatic rings. The predicted molar refractivity (Wildman–Crippen MR) is 160 cm³/mol. The second-order valence-corrected chi connectivity index (χ2v) is 14.0. The summed E-state index contributed by atoms with van der Waals surface area (Å²) in [6, 6.07) is 6.95. The molecule has 0 fully saturated rings. The molecule has 0 radical (unpaired) electrons. The molecule has 5 nitrogen and oxygen atoms in total. The SMILES string of the molecule is CN(CCCCCCC1=C(c2ccc(F)c(O)c2)CCCc2cc(O)c(F)cc21)CCCS(=O)(=O)CCCC(F)(F)C(F)(F)F. The Labute approximate surface area is 259 Å². The zero-order chi connectivity index (χ0) is 33.4. The molecule has 2 N–H and O–H groups in total. The van der Waals surface area contributed by atoms with Gasteiger partial charge in [-0.1, -0.05) is 18.9 Å². The fourth-order valence-corrected chi connectivity index (χ4v) is 6.98. The van der Waals surface area contributed by atoms with Gasteiger partial charge in [-0.2, -0.15) is 22.0 Å². The molecule has 0 bridgehead atoms. The van der Waals surface area contributed by atoms with Crippen LogP contribution in [0.25, 0.3) is 11.1 Å². The lowest BCUT2D eigenvalue weighted by atomic mass is 9.88. The monoisotopic (exact) mass is 667 g/mol. The van der Waals surface area contributed by atoms with Crippen LogP contribution < -0.4 is 0 Å². The van der Waals surface area contributed by atoms with Crippen LogP contribution in [0.5, 0.6) is 11.5 Å². The smallest absolute Gasteiger partial charge is 0.453 e. The molecule has 0 atom stereocenters. The Balaban J connectivity index is 1.48. The number of alkyl halides is 5. The van der Waals surface area contributed by atoms with E-state index in [1.54, 1.807) is 6.07 Å². The lowest BCUT2D eigenvalue weighted by Crippen LogP contribution is -2.36. The number of hydrogen-bond acceptors (Lipinski definition) is 5. The molecule has 0 aliphatic heterocycles. The van der Waals surface area contributed by atoms with Gasteiger partial charge < -0.3 is 15.1 Å². The summed E-state index contributed by atoms with van der Waals surface area (Å²) in [5.41, 5.74) is 3.98. The van der Waals surface area contributed by atoms with Crippen LogP contribution in [-0.4, -0.2) is 67.3 Å². The quantitative estimate of drug-likeness (QED) is 0.139. The number of rotatable bonds is 16. The topological polar surface area (TPSA) is 77.8 Å². The third-order valence-electron chi connectivity index (χ3n) is 8.10. The largest absolute Gasteiger partial charge is 0.505 e. The van der Waals surface area contributed by atoms with E-state index in [0.717, 1.165) is 48.8 Å². The lowest BCUT2D eigenvalue weighted by Gasteiger charge is -2.19. The molecule has 252 valence electrons. The van der Waals surface area contributed by atoms with E-state index in [9.17, 15) is 49.4 Å². The number of halogens is 7. The van der Waals surface area contributed by atoms with Crippen LogP contribution in [0.4, 0.5) is 30.7 Å². The summed E-state index contributed by atoms with van der Waals surface area (Å²) in [6.45, 7) is 1.10. The number of sulfone groups is 1. The highest BCUT2D eigenvalue weighted by atomic mass is 32.2. The van der Waals surface area contributed by atoms with Gasteiger partial charge in [0, 0.05) is 6.42 Å². The van der Waals surface area contributed by atoms with Gasteiger partial charge in [0.1, 0.15) is 9.84 Å². The standard InChI is InChI=1S/C32H40F7NO4S/c1-40(16-8-18-45(43,44)17-7-14-31(35,36)32(37,38)39)15-5-3-2-4-10-25-24(23-12-13-27(33)29(41)20-23)11-6-9-22-19-30(42)28(34)21-26(22)25/h12-13,19-21,41-42H,2-11,14-18H2,1H3. The number of aromatic hydroxyl groups is 2. The normalized spacial score (nSPS) is 14.6. The molecule has 0 saturated carbocycles. The van der Waals surface area contributed by atoms with Gasteiger partial charge in [0.25, 0.3) is 0 Å². The molecule has 0 heterocycles. The molecule has 2 aromatic rings. The Morgan fingerprint density at radius 1 is 0.800 bits per heavy atom. The van der Waals surface area contributed by atoms with Crippen LogP contribution in [-0.2, 0) is 16.3 Å². The number of benzene rings is 2. The van der Waals surface area contributed by atoms with Gasteiger partial charge in [0.2, 0.25) is 0 Å². The van der Waals surface area contributed by atoms with Crippen LogP contribution >= 0.6 is 0 Å². The first-order chi connectivity index (χ1) is 21.0. The molecule has 2 aromatic carbocycles. The maximum absolute atomic E-state index is 14.4. The zero-order valence-corrected chi connectivity index (χ0v) is 26.0. The number of phenolic OH excluding ortho intramolecular Hbond substituents is 2. The van der Waals surface area contributed by atoms with Gasteiger partial charge >= 0.3 is 12.1 Å². The highest BCUT2D eigenvalue weighted by Gasteiger charge is 2.56. The molecular weight excluding hydrogens is 627 g/mol. The highest BCUT2D eigenvalue weighted by Crippen LogP contribution is 2.41. The van der Waals surface area contributed by atoms with E-state index in [1.165, 1.54) is 24.3 Å². The molecule has 0 spiro atoms. The van der Waals surface area contributed by atoms with E-state index in [-0.39, 0.29) is 12.2 Å². The summed E-state index contributed by atoms with van der Waals surface area (Å²) in [7, 11) is -1.93. The van der Waals surface area contributed by atoms with Gasteiger partial charge in [0.15, 0.2) is 23.1 Å². The third kappa shape index (κ3) is 10.6. The van der Waals surface area contributed by atoms with Crippen molar-refractivity contribution in [1.29, 1.82) is 0 Å². The van der Waals surface area contributed by atoms with Crippen LogP contribution in [0.2, 0.25) is 0 Å². The van der Waals surface area contributed by atoms with Crippen molar-refractivity contribution < 1.29 is 49.4 Å². The Morgan fingerprint density at radius 2 is 1.44 bits per heavy atom. The Hall–Kier alpha value is -2.80.